The van der Waals surface area contributed by atoms with E-state index in [4.69, 9.17) is 9.47 Å². The molecule has 2 aromatic heterocycles. The smallest absolute Gasteiger partial charge is 0.407 e. The van der Waals surface area contributed by atoms with Gasteiger partial charge in [0.2, 0.25) is 0 Å². The number of amides is 1. The maximum absolute atomic E-state index is 11.9. The van der Waals surface area contributed by atoms with E-state index in [1.54, 1.807) is 10.8 Å². The fourth-order valence-electron chi connectivity index (χ4n) is 2.93. The molecule has 2 aromatic rings. The fraction of sp³-hybridized carbons (Fsp3) is 0.571. The van der Waals surface area contributed by atoms with Gasteiger partial charge in [-0.2, -0.15) is 4.52 Å². The van der Waals surface area contributed by atoms with Crippen molar-refractivity contribution in [2.24, 2.45) is 0 Å². The van der Waals surface area contributed by atoms with E-state index in [1.165, 1.54) is 0 Å². The highest BCUT2D eigenvalue weighted by Gasteiger charge is 2.27. The Morgan fingerprint density at radius 2 is 2.35 bits per heavy atom. The van der Waals surface area contributed by atoms with Crippen LogP contribution in [-0.4, -0.2) is 64.4 Å². The molecule has 0 aliphatic carbocycles. The number of carbonyl (C=O) groups is 1. The zero-order chi connectivity index (χ0) is 15.6. The van der Waals surface area contributed by atoms with E-state index in [2.05, 4.69) is 25.5 Å². The van der Waals surface area contributed by atoms with Crippen LogP contribution < -0.4 is 10.2 Å². The van der Waals surface area contributed by atoms with Crippen molar-refractivity contribution in [3.63, 3.8) is 0 Å². The minimum absolute atomic E-state index is 0.0585. The van der Waals surface area contributed by atoms with Gasteiger partial charge >= 0.3 is 6.09 Å². The highest BCUT2D eigenvalue weighted by molar-refractivity contribution is 5.68. The highest BCUT2D eigenvalue weighted by atomic mass is 16.6. The molecule has 0 aromatic carbocycles. The molecular formula is C14H18N6O3. The normalized spacial score (nSPS) is 24.3. The lowest BCUT2D eigenvalue weighted by Crippen LogP contribution is -2.39. The van der Waals surface area contributed by atoms with Crippen molar-refractivity contribution >= 4 is 17.6 Å². The van der Waals surface area contributed by atoms with Crippen molar-refractivity contribution < 1.29 is 14.3 Å². The van der Waals surface area contributed by atoms with Gasteiger partial charge in [-0.15, -0.1) is 15.3 Å². The maximum Gasteiger partial charge on any atom is 0.407 e. The summed E-state index contributed by atoms with van der Waals surface area (Å²) < 4.78 is 12.2. The number of hydrogen-bond acceptors (Lipinski definition) is 7. The summed E-state index contributed by atoms with van der Waals surface area (Å²) in [5.41, 5.74) is 0.713. The van der Waals surface area contributed by atoms with Crippen LogP contribution in [0.25, 0.3) is 5.65 Å². The predicted molar refractivity (Wildman–Crippen MR) is 80.2 cm³/mol. The molecule has 4 heterocycles. The van der Waals surface area contributed by atoms with Crippen molar-refractivity contribution in [2.75, 3.05) is 31.2 Å². The molecule has 0 saturated carbocycles. The highest BCUT2D eigenvalue weighted by Crippen LogP contribution is 2.18. The summed E-state index contributed by atoms with van der Waals surface area (Å²) in [5.74, 6) is 0.846. The Labute approximate surface area is 132 Å². The van der Waals surface area contributed by atoms with Gasteiger partial charge in [0.05, 0.1) is 19.3 Å². The molecular weight excluding hydrogens is 300 g/mol. The number of fused-ring (bicyclic) bond motifs is 1. The summed E-state index contributed by atoms with van der Waals surface area (Å²) in [6.45, 7) is 2.69. The molecule has 2 atom stereocenters. The van der Waals surface area contributed by atoms with Crippen LogP contribution in [0.15, 0.2) is 18.5 Å². The summed E-state index contributed by atoms with van der Waals surface area (Å²) in [5, 5.41) is 15.1. The van der Waals surface area contributed by atoms with Gasteiger partial charge in [0, 0.05) is 19.5 Å². The first-order chi connectivity index (χ1) is 11.3. The second kappa shape index (κ2) is 5.99. The van der Waals surface area contributed by atoms with Crippen LogP contribution in [0.2, 0.25) is 0 Å². The zero-order valence-electron chi connectivity index (χ0n) is 12.6. The Morgan fingerprint density at radius 3 is 3.22 bits per heavy atom. The molecule has 2 aliphatic heterocycles. The number of hydrogen-bond donors (Lipinski definition) is 1. The summed E-state index contributed by atoms with van der Waals surface area (Å²) in [7, 11) is 0. The van der Waals surface area contributed by atoms with Crippen LogP contribution in [0.1, 0.15) is 12.8 Å². The molecule has 0 radical (unpaired) electrons. The Morgan fingerprint density at radius 1 is 1.39 bits per heavy atom. The van der Waals surface area contributed by atoms with Gasteiger partial charge in [-0.1, -0.05) is 0 Å². The fourth-order valence-corrected chi connectivity index (χ4v) is 2.93. The third-order valence-electron chi connectivity index (χ3n) is 4.14. The third-order valence-corrected chi connectivity index (χ3v) is 4.14. The van der Waals surface area contributed by atoms with E-state index in [9.17, 15) is 4.79 Å². The monoisotopic (exact) mass is 318 g/mol. The van der Waals surface area contributed by atoms with E-state index in [0.717, 1.165) is 25.2 Å². The van der Waals surface area contributed by atoms with Crippen LogP contribution in [-0.2, 0) is 9.47 Å². The molecule has 0 unspecified atom stereocenters. The van der Waals surface area contributed by atoms with Gasteiger partial charge in [0.1, 0.15) is 18.2 Å². The van der Waals surface area contributed by atoms with Gasteiger partial charge in [-0.25, -0.2) is 4.79 Å². The summed E-state index contributed by atoms with van der Waals surface area (Å²) >= 11 is 0. The molecule has 0 spiro atoms. The van der Waals surface area contributed by atoms with Gasteiger partial charge in [0.25, 0.3) is 0 Å². The Balaban J connectivity index is 1.34. The van der Waals surface area contributed by atoms with Crippen LogP contribution in [0.5, 0.6) is 0 Å². The second-order valence-corrected chi connectivity index (χ2v) is 5.79. The number of anilines is 1. The largest absolute Gasteiger partial charge is 0.444 e. The molecule has 23 heavy (non-hydrogen) atoms. The number of aromatic nitrogens is 4. The lowest BCUT2D eigenvalue weighted by atomic mass is 10.3. The van der Waals surface area contributed by atoms with E-state index in [0.29, 0.717) is 25.4 Å². The third kappa shape index (κ3) is 3.04. The van der Waals surface area contributed by atoms with Crippen molar-refractivity contribution in [1.29, 1.82) is 0 Å². The van der Waals surface area contributed by atoms with Gasteiger partial charge in [-0.3, -0.25) is 0 Å². The first kappa shape index (κ1) is 14.2. The van der Waals surface area contributed by atoms with Crippen LogP contribution >= 0.6 is 0 Å². The summed E-state index contributed by atoms with van der Waals surface area (Å²) in [4.78, 5) is 14.0. The van der Waals surface area contributed by atoms with Crippen LogP contribution in [0.4, 0.5) is 10.6 Å². The topological polar surface area (TPSA) is 93.9 Å². The minimum Gasteiger partial charge on any atom is -0.444 e. The molecule has 1 N–H and O–H groups in total. The first-order valence-corrected chi connectivity index (χ1v) is 7.75. The van der Waals surface area contributed by atoms with Crippen molar-refractivity contribution in [2.45, 2.75) is 25.0 Å². The molecule has 2 saturated heterocycles. The van der Waals surface area contributed by atoms with Crippen molar-refractivity contribution in [3.8, 4) is 0 Å². The quantitative estimate of drug-likeness (QED) is 0.865. The molecule has 2 aliphatic rings. The Bertz CT molecular complexity index is 699. The lowest BCUT2D eigenvalue weighted by molar-refractivity contribution is 0.0813. The predicted octanol–water partition coefficient (Wildman–Crippen LogP) is 0.218. The average Bonchev–Trinajstić information content (AvgIpc) is 3.27. The van der Waals surface area contributed by atoms with Crippen molar-refractivity contribution in [1.82, 2.24) is 25.1 Å². The lowest BCUT2D eigenvalue weighted by Gasteiger charge is -2.18. The van der Waals surface area contributed by atoms with Gasteiger partial charge < -0.3 is 19.7 Å². The molecule has 2 fully saturated rings. The minimum atomic E-state index is -0.366. The second-order valence-electron chi connectivity index (χ2n) is 5.79. The number of nitrogens with zero attached hydrogens (tertiary/aromatic N) is 5. The number of rotatable bonds is 3. The van der Waals surface area contributed by atoms with Crippen LogP contribution in [0.3, 0.4) is 0 Å². The average molecular weight is 318 g/mol. The molecule has 9 nitrogen and oxygen atoms in total. The molecule has 4 rings (SSSR count). The maximum atomic E-state index is 11.9. The van der Waals surface area contributed by atoms with E-state index in [-0.39, 0.29) is 18.2 Å². The zero-order valence-corrected chi connectivity index (χ0v) is 12.6. The Kier molecular flexibility index (Phi) is 3.70. The molecule has 1 amide bonds. The van der Waals surface area contributed by atoms with Crippen LogP contribution in [0, 0.1) is 0 Å². The molecule has 9 heteroatoms. The van der Waals surface area contributed by atoms with E-state index < -0.39 is 0 Å². The SMILES string of the molecule is O=C(N[C@H]1CCN(c2ccc3nncn3n2)C1)O[C@@H]1CCOC1. The summed E-state index contributed by atoms with van der Waals surface area (Å²) in [6.07, 6.45) is 2.72. The van der Waals surface area contributed by atoms with Gasteiger partial charge in [-0.05, 0) is 18.6 Å². The number of nitrogens with one attached hydrogen (secondary N) is 1. The first-order valence-electron chi connectivity index (χ1n) is 7.75. The standard InChI is InChI=1S/C14H18N6O3/c21-14(23-11-4-6-22-8-11)16-10-3-5-19(7-10)13-2-1-12-17-15-9-20(12)18-13/h1-2,9-11H,3-8H2,(H,16,21)/t10-,11+/m0/s1. The van der Waals surface area contributed by atoms with Crippen molar-refractivity contribution in [3.05, 3.63) is 18.5 Å². The van der Waals surface area contributed by atoms with Gasteiger partial charge in [0.15, 0.2) is 5.65 Å². The van der Waals surface area contributed by atoms with E-state index in [1.807, 2.05) is 12.1 Å². The number of ether oxygens (including phenoxy) is 2. The van der Waals surface area contributed by atoms with E-state index >= 15 is 0 Å². The number of alkyl carbamates (subject to hydrolysis) is 1. The number of carbonyl (C=O) groups excluding carboxylic acids is 1. The Hall–Kier alpha value is -2.42. The summed E-state index contributed by atoms with van der Waals surface area (Å²) in [6, 6.07) is 3.86. The molecule has 0 bridgehead atoms. The molecule has 122 valence electrons.